The van der Waals surface area contributed by atoms with E-state index >= 15 is 0 Å². The van der Waals surface area contributed by atoms with Gasteiger partial charge in [0, 0.05) is 33.1 Å². The molecule has 248 valence electrons. The van der Waals surface area contributed by atoms with E-state index in [1.165, 1.54) is 11.6 Å². The molecule has 2 N–H and O–H groups in total. The predicted molar refractivity (Wildman–Crippen MR) is 180 cm³/mol. The SMILES string of the molecule is Cn1cc(-c2cc(OCCCCCCc3cccc(OCCCC(=O)O)c3CCC(=O)O)cc(-c3ccccc3)c2)c(=O)n(C)c1=O. The second-order valence-corrected chi connectivity index (χ2v) is 11.6. The fourth-order valence-corrected chi connectivity index (χ4v) is 5.50. The number of benzene rings is 3. The molecule has 3 aromatic carbocycles. The third kappa shape index (κ3) is 9.93. The molecule has 4 rings (SSSR count). The van der Waals surface area contributed by atoms with Gasteiger partial charge in [0.25, 0.3) is 5.56 Å². The number of hydrogen-bond acceptors (Lipinski definition) is 6. The average molecular weight is 643 g/mol. The largest absolute Gasteiger partial charge is 0.494 e. The van der Waals surface area contributed by atoms with Gasteiger partial charge in [0.15, 0.2) is 0 Å². The highest BCUT2D eigenvalue weighted by Gasteiger charge is 2.14. The second kappa shape index (κ2) is 17.0. The van der Waals surface area contributed by atoms with Gasteiger partial charge in [0.2, 0.25) is 0 Å². The number of nitrogens with zero attached hydrogens (tertiary/aromatic N) is 2. The number of hydrogen-bond donors (Lipinski definition) is 2. The van der Waals surface area contributed by atoms with Crippen molar-refractivity contribution in [2.75, 3.05) is 13.2 Å². The minimum Gasteiger partial charge on any atom is -0.494 e. The molecule has 4 aromatic rings. The number of aliphatic carboxylic acids is 2. The molecule has 0 atom stereocenters. The molecular weight excluding hydrogens is 600 g/mol. The maximum atomic E-state index is 13.0. The van der Waals surface area contributed by atoms with Crippen LogP contribution in [-0.2, 0) is 36.5 Å². The standard InChI is InChI=1S/C37H42N2O8/c1-38-25-32(36(44)39(2)37(38)45)29-22-28(26-12-7-5-8-13-26)23-30(24-29)46-20-9-4-3-6-14-27-15-10-16-33(31(27)18-19-35(42)43)47-21-11-17-34(40)41/h5,7-8,10,12-13,15-16,22-25H,3-4,6,9,11,14,17-21H2,1-2H3,(H,40,41)(H,42,43). The molecule has 10 nitrogen and oxygen atoms in total. The van der Waals surface area contributed by atoms with E-state index in [2.05, 4.69) is 0 Å². The summed E-state index contributed by atoms with van der Waals surface area (Å²) in [6.45, 7) is 0.750. The van der Waals surface area contributed by atoms with Crippen molar-refractivity contribution in [3.63, 3.8) is 0 Å². The Kier molecular flexibility index (Phi) is 12.6. The molecule has 1 heterocycles. The van der Waals surface area contributed by atoms with Crippen molar-refractivity contribution in [2.24, 2.45) is 14.1 Å². The van der Waals surface area contributed by atoms with Crippen molar-refractivity contribution in [1.29, 1.82) is 0 Å². The number of aromatic nitrogens is 2. The van der Waals surface area contributed by atoms with Crippen LogP contribution in [0.15, 0.2) is 82.5 Å². The number of carbonyl (C=O) groups is 2. The van der Waals surface area contributed by atoms with Crippen molar-refractivity contribution < 1.29 is 29.3 Å². The highest BCUT2D eigenvalue weighted by Crippen LogP contribution is 2.31. The van der Waals surface area contributed by atoms with Gasteiger partial charge in [-0.1, -0.05) is 55.3 Å². The molecule has 0 aliphatic rings. The molecule has 0 aliphatic carbocycles. The zero-order chi connectivity index (χ0) is 33.8. The molecule has 0 radical (unpaired) electrons. The van der Waals surface area contributed by atoms with Gasteiger partial charge >= 0.3 is 17.6 Å². The summed E-state index contributed by atoms with van der Waals surface area (Å²) in [6, 6.07) is 21.3. The van der Waals surface area contributed by atoms with E-state index in [1.807, 2.05) is 66.7 Å². The van der Waals surface area contributed by atoms with Crippen LogP contribution in [0.4, 0.5) is 0 Å². The maximum absolute atomic E-state index is 13.0. The Morgan fingerprint density at radius 2 is 1.40 bits per heavy atom. The summed E-state index contributed by atoms with van der Waals surface area (Å²) in [7, 11) is 3.09. The molecule has 0 bridgehead atoms. The van der Waals surface area contributed by atoms with Crippen molar-refractivity contribution in [2.45, 2.75) is 57.8 Å². The van der Waals surface area contributed by atoms with Gasteiger partial charge < -0.3 is 24.3 Å². The molecule has 0 amide bonds. The lowest BCUT2D eigenvalue weighted by molar-refractivity contribution is -0.138. The summed E-state index contributed by atoms with van der Waals surface area (Å²) in [4.78, 5) is 47.4. The summed E-state index contributed by atoms with van der Waals surface area (Å²) in [5.41, 5.74) is 4.13. The summed E-state index contributed by atoms with van der Waals surface area (Å²) in [6.07, 6.45) is 6.69. The maximum Gasteiger partial charge on any atom is 0.330 e. The summed E-state index contributed by atoms with van der Waals surface area (Å²) < 4.78 is 14.5. The second-order valence-electron chi connectivity index (χ2n) is 11.6. The first-order valence-electron chi connectivity index (χ1n) is 15.9. The van der Waals surface area contributed by atoms with Crippen LogP contribution >= 0.6 is 0 Å². The average Bonchev–Trinajstić information content (AvgIpc) is 3.06. The van der Waals surface area contributed by atoms with Crippen LogP contribution in [0.2, 0.25) is 0 Å². The monoisotopic (exact) mass is 642 g/mol. The molecule has 0 saturated heterocycles. The Morgan fingerprint density at radius 1 is 0.702 bits per heavy atom. The van der Waals surface area contributed by atoms with Gasteiger partial charge in [-0.25, -0.2) is 4.79 Å². The number of carboxylic acid groups (broad SMARTS) is 2. The molecule has 0 saturated carbocycles. The van der Waals surface area contributed by atoms with Crippen molar-refractivity contribution >= 4 is 11.9 Å². The first-order valence-corrected chi connectivity index (χ1v) is 15.9. The first kappa shape index (κ1) is 34.7. The molecule has 10 heteroatoms. The quantitative estimate of drug-likeness (QED) is 0.129. The number of unbranched alkanes of at least 4 members (excludes halogenated alkanes) is 3. The molecule has 0 fully saturated rings. The minimum atomic E-state index is -0.880. The van der Waals surface area contributed by atoms with Gasteiger partial charge in [-0.05, 0) is 84.2 Å². The lowest BCUT2D eigenvalue weighted by Crippen LogP contribution is -2.37. The number of ether oxygens (including phenoxy) is 2. The third-order valence-electron chi connectivity index (χ3n) is 7.99. The molecule has 0 unspecified atom stereocenters. The molecule has 0 spiro atoms. The summed E-state index contributed by atoms with van der Waals surface area (Å²) in [5.74, 6) is -0.497. The lowest BCUT2D eigenvalue weighted by atomic mass is 9.97. The predicted octanol–water partition coefficient (Wildman–Crippen LogP) is 5.86. The zero-order valence-corrected chi connectivity index (χ0v) is 26.9. The molecular formula is C37H42N2O8. The van der Waals surface area contributed by atoms with Crippen LogP contribution in [0.1, 0.15) is 56.1 Å². The highest BCUT2D eigenvalue weighted by molar-refractivity contribution is 5.74. The van der Waals surface area contributed by atoms with Crippen molar-refractivity contribution in [3.05, 3.63) is 105 Å². The zero-order valence-electron chi connectivity index (χ0n) is 26.9. The minimum absolute atomic E-state index is 0.00993. The van der Waals surface area contributed by atoms with Crippen LogP contribution in [0.5, 0.6) is 11.5 Å². The molecule has 0 aliphatic heterocycles. The van der Waals surface area contributed by atoms with E-state index in [1.54, 1.807) is 13.2 Å². The number of carboxylic acids is 2. The Labute approximate surface area is 273 Å². The normalized spacial score (nSPS) is 10.9. The van der Waals surface area contributed by atoms with E-state index in [-0.39, 0.29) is 30.7 Å². The number of rotatable bonds is 18. The van der Waals surface area contributed by atoms with E-state index in [9.17, 15) is 24.3 Å². The fraction of sp³-hybridized carbons (Fsp3) is 0.351. The molecule has 1 aromatic heterocycles. The van der Waals surface area contributed by atoms with Crippen LogP contribution < -0.4 is 20.7 Å². The van der Waals surface area contributed by atoms with E-state index in [0.717, 1.165) is 58.9 Å². The Hall–Kier alpha value is -5.12. The highest BCUT2D eigenvalue weighted by atomic mass is 16.5. The van der Waals surface area contributed by atoms with Crippen LogP contribution in [-0.4, -0.2) is 44.5 Å². The van der Waals surface area contributed by atoms with Gasteiger partial charge in [0.05, 0.1) is 18.8 Å². The Balaban J connectivity index is 1.37. The van der Waals surface area contributed by atoms with Gasteiger partial charge in [-0.3, -0.25) is 19.0 Å². The lowest BCUT2D eigenvalue weighted by Gasteiger charge is -2.15. The van der Waals surface area contributed by atoms with Crippen LogP contribution in [0, 0.1) is 0 Å². The molecule has 47 heavy (non-hydrogen) atoms. The third-order valence-corrected chi connectivity index (χ3v) is 7.99. The van der Waals surface area contributed by atoms with E-state index < -0.39 is 11.9 Å². The smallest absolute Gasteiger partial charge is 0.330 e. The number of aryl methyl sites for hydroxylation is 2. The summed E-state index contributed by atoms with van der Waals surface area (Å²) in [5, 5.41) is 18.1. The van der Waals surface area contributed by atoms with E-state index in [0.29, 0.717) is 42.1 Å². The summed E-state index contributed by atoms with van der Waals surface area (Å²) >= 11 is 0. The van der Waals surface area contributed by atoms with Gasteiger partial charge in [-0.2, -0.15) is 0 Å². The van der Waals surface area contributed by atoms with Crippen LogP contribution in [0.25, 0.3) is 22.3 Å². The fourth-order valence-electron chi connectivity index (χ4n) is 5.50. The topological polar surface area (TPSA) is 137 Å². The van der Waals surface area contributed by atoms with Crippen LogP contribution in [0.3, 0.4) is 0 Å². The van der Waals surface area contributed by atoms with Crippen molar-refractivity contribution in [3.8, 4) is 33.8 Å². The van der Waals surface area contributed by atoms with E-state index in [4.69, 9.17) is 14.6 Å². The first-order chi connectivity index (χ1) is 22.6. The van der Waals surface area contributed by atoms with Crippen molar-refractivity contribution in [1.82, 2.24) is 9.13 Å². The van der Waals surface area contributed by atoms with Gasteiger partial charge in [0.1, 0.15) is 11.5 Å². The Bertz CT molecular complexity index is 1790. The van der Waals surface area contributed by atoms with Gasteiger partial charge in [-0.15, -0.1) is 0 Å². The Morgan fingerprint density at radius 3 is 2.15 bits per heavy atom.